The zero-order valence-electron chi connectivity index (χ0n) is 16.8. The van der Waals surface area contributed by atoms with Crippen LogP contribution in [0.3, 0.4) is 0 Å². The van der Waals surface area contributed by atoms with Crippen LogP contribution in [0.1, 0.15) is 22.3 Å². The lowest BCUT2D eigenvalue weighted by atomic mass is 9.96. The first-order chi connectivity index (χ1) is 14.5. The largest absolute Gasteiger partial charge is 0.383 e. The van der Waals surface area contributed by atoms with Crippen LogP contribution in [0.15, 0.2) is 47.5 Å². The summed E-state index contributed by atoms with van der Waals surface area (Å²) >= 11 is 5.87. The highest BCUT2D eigenvalue weighted by Crippen LogP contribution is 2.30. The molecule has 2 heterocycles. The van der Waals surface area contributed by atoms with Gasteiger partial charge in [0.25, 0.3) is 5.91 Å². The fourth-order valence-corrected chi connectivity index (χ4v) is 4.14. The van der Waals surface area contributed by atoms with Gasteiger partial charge in [0.1, 0.15) is 11.7 Å². The zero-order chi connectivity index (χ0) is 21.1. The summed E-state index contributed by atoms with van der Waals surface area (Å²) in [6.07, 6.45) is 0.709. The van der Waals surface area contributed by atoms with Crippen molar-refractivity contribution >= 4 is 29.0 Å². The summed E-state index contributed by atoms with van der Waals surface area (Å²) < 4.78 is 18.7. The average Bonchev–Trinajstić information content (AvgIpc) is 3.12. The molecule has 158 valence electrons. The molecule has 0 unspecified atom stereocenters. The van der Waals surface area contributed by atoms with Crippen molar-refractivity contribution in [3.05, 3.63) is 64.4 Å². The molecule has 0 bridgehead atoms. The van der Waals surface area contributed by atoms with Gasteiger partial charge in [0, 0.05) is 38.0 Å². The molecule has 1 atom stereocenters. The maximum atomic E-state index is 13.5. The molecule has 1 fully saturated rings. The van der Waals surface area contributed by atoms with Crippen LogP contribution in [-0.4, -0.2) is 55.5 Å². The Morgan fingerprint density at radius 2 is 2.17 bits per heavy atom. The van der Waals surface area contributed by atoms with E-state index in [1.807, 2.05) is 18.2 Å². The molecule has 8 heteroatoms. The summed E-state index contributed by atoms with van der Waals surface area (Å²) in [4.78, 5) is 19.6. The van der Waals surface area contributed by atoms with Crippen LogP contribution in [0.25, 0.3) is 0 Å². The number of hydrogen-bond donors (Lipinski definition) is 2. The Morgan fingerprint density at radius 1 is 1.33 bits per heavy atom. The van der Waals surface area contributed by atoms with E-state index in [0.29, 0.717) is 44.8 Å². The molecule has 2 aromatic rings. The number of methoxy groups -OCH3 is 1. The number of carbonyl (C=O) groups is 1. The number of ether oxygens (including phenoxy) is 1. The van der Waals surface area contributed by atoms with Crippen LogP contribution in [0, 0.1) is 5.82 Å². The molecule has 0 aliphatic carbocycles. The molecule has 2 aliphatic rings. The third kappa shape index (κ3) is 4.05. The average molecular weight is 431 g/mol. The van der Waals surface area contributed by atoms with Gasteiger partial charge in [0.2, 0.25) is 0 Å². The number of likely N-dealkylation sites (tertiary alicyclic amines) is 1. The Morgan fingerprint density at radius 3 is 2.97 bits per heavy atom. The van der Waals surface area contributed by atoms with E-state index in [0.717, 1.165) is 17.1 Å². The smallest absolute Gasteiger partial charge is 0.253 e. The van der Waals surface area contributed by atoms with Crippen LogP contribution >= 0.6 is 11.6 Å². The van der Waals surface area contributed by atoms with E-state index in [4.69, 9.17) is 21.3 Å². The van der Waals surface area contributed by atoms with Gasteiger partial charge < -0.3 is 15.0 Å². The Hall–Kier alpha value is -2.48. The number of nitrogens with one attached hydrogen (secondary N) is 2. The number of amides is 1. The van der Waals surface area contributed by atoms with Gasteiger partial charge in [0.15, 0.2) is 0 Å². The maximum Gasteiger partial charge on any atom is 0.253 e. The molecular weight excluding hydrogens is 407 g/mol. The molecule has 0 saturated carbocycles. The first kappa shape index (κ1) is 20.8. The van der Waals surface area contributed by atoms with Gasteiger partial charge >= 0.3 is 0 Å². The first-order valence-corrected chi connectivity index (χ1v) is 10.3. The lowest BCUT2D eigenvalue weighted by Crippen LogP contribution is -2.55. The quantitative estimate of drug-likeness (QED) is 0.730. The Balaban J connectivity index is 1.60. The number of anilines is 1. The molecule has 30 heavy (non-hydrogen) atoms. The topological polar surface area (TPSA) is 66.0 Å². The summed E-state index contributed by atoms with van der Waals surface area (Å²) in [5.41, 5.74) is 2.03. The number of amidine groups is 1. The number of para-hydroxylation sites is 1. The van der Waals surface area contributed by atoms with Crippen LogP contribution in [-0.2, 0) is 11.3 Å². The number of rotatable bonds is 4. The standard InChI is InChI=1S/C22H24ClFN4O2/c1-30-11-9-25-21-22(26-13-16-4-2-3-5-19(16)27-21)8-10-28(14-22)20(29)15-6-7-18(24)17(23)12-15/h2-7,12,26H,8-11,13-14H2,1H3,(H,25,27)/t22-/m0/s1. The van der Waals surface area contributed by atoms with Crippen molar-refractivity contribution in [2.45, 2.75) is 18.5 Å². The number of carbonyl (C=O) groups excluding carboxylic acids is 1. The second kappa shape index (κ2) is 8.71. The number of fused-ring (bicyclic) bond motifs is 1. The lowest BCUT2D eigenvalue weighted by Gasteiger charge is -2.30. The maximum absolute atomic E-state index is 13.5. The van der Waals surface area contributed by atoms with E-state index in [1.54, 1.807) is 12.0 Å². The van der Waals surface area contributed by atoms with E-state index < -0.39 is 11.4 Å². The molecule has 4 rings (SSSR count). The third-order valence-electron chi connectivity index (χ3n) is 5.63. The normalized spacial score (nSPS) is 22.1. The van der Waals surface area contributed by atoms with Crippen molar-refractivity contribution < 1.29 is 13.9 Å². The minimum Gasteiger partial charge on any atom is -0.383 e. The molecule has 6 nitrogen and oxygen atoms in total. The van der Waals surface area contributed by atoms with E-state index >= 15 is 0 Å². The second-order valence-corrected chi connectivity index (χ2v) is 7.95. The van der Waals surface area contributed by atoms with E-state index in [1.165, 1.54) is 18.2 Å². The fraction of sp³-hybridized carbons (Fsp3) is 0.364. The summed E-state index contributed by atoms with van der Waals surface area (Å²) in [6.45, 7) is 2.71. The molecule has 1 saturated heterocycles. The van der Waals surface area contributed by atoms with Crippen LogP contribution in [0.5, 0.6) is 0 Å². The Kier molecular flexibility index (Phi) is 6.04. The van der Waals surface area contributed by atoms with Crippen molar-refractivity contribution in [2.75, 3.05) is 38.7 Å². The molecule has 1 spiro atoms. The molecule has 1 amide bonds. The van der Waals surface area contributed by atoms with Crippen molar-refractivity contribution in [3.63, 3.8) is 0 Å². The number of hydrogen-bond acceptors (Lipinski definition) is 4. The minimum absolute atomic E-state index is 0.0544. The van der Waals surface area contributed by atoms with Crippen molar-refractivity contribution in [1.82, 2.24) is 10.2 Å². The van der Waals surface area contributed by atoms with E-state index in [2.05, 4.69) is 16.7 Å². The van der Waals surface area contributed by atoms with Crippen molar-refractivity contribution in [3.8, 4) is 0 Å². The first-order valence-electron chi connectivity index (χ1n) is 9.90. The van der Waals surface area contributed by atoms with Gasteiger partial charge in [0.05, 0.1) is 23.7 Å². The molecule has 0 radical (unpaired) electrons. The van der Waals surface area contributed by atoms with Gasteiger partial charge in [-0.05, 0) is 36.2 Å². The number of halogens is 2. The van der Waals surface area contributed by atoms with Gasteiger partial charge in [-0.2, -0.15) is 0 Å². The second-order valence-electron chi connectivity index (χ2n) is 7.55. The monoisotopic (exact) mass is 430 g/mol. The third-order valence-corrected chi connectivity index (χ3v) is 5.92. The van der Waals surface area contributed by atoms with Gasteiger partial charge in [-0.3, -0.25) is 15.1 Å². The highest BCUT2D eigenvalue weighted by molar-refractivity contribution is 6.31. The number of nitrogens with zero attached hydrogens (tertiary/aromatic N) is 2. The van der Waals surface area contributed by atoms with Crippen molar-refractivity contribution in [2.24, 2.45) is 4.99 Å². The highest BCUT2D eigenvalue weighted by Gasteiger charge is 2.45. The Labute approximate surface area is 180 Å². The predicted molar refractivity (Wildman–Crippen MR) is 116 cm³/mol. The Bertz CT molecular complexity index is 983. The van der Waals surface area contributed by atoms with Crippen LogP contribution in [0.4, 0.5) is 10.1 Å². The van der Waals surface area contributed by atoms with Gasteiger partial charge in [-0.1, -0.05) is 29.8 Å². The zero-order valence-corrected chi connectivity index (χ0v) is 17.5. The number of aliphatic imine (C=N–C) groups is 1. The molecule has 0 aromatic heterocycles. The van der Waals surface area contributed by atoms with Gasteiger partial charge in [-0.25, -0.2) is 4.39 Å². The number of benzene rings is 2. The fourth-order valence-electron chi connectivity index (χ4n) is 3.96. The summed E-state index contributed by atoms with van der Waals surface area (Å²) in [6, 6.07) is 12.2. The summed E-state index contributed by atoms with van der Waals surface area (Å²) in [5, 5.41) is 7.07. The van der Waals surface area contributed by atoms with Crippen molar-refractivity contribution in [1.29, 1.82) is 0 Å². The minimum atomic E-state index is -0.536. The molecule has 2 aromatic carbocycles. The molecule has 2 N–H and O–H groups in total. The van der Waals surface area contributed by atoms with Crippen LogP contribution in [0.2, 0.25) is 5.02 Å². The van der Waals surface area contributed by atoms with E-state index in [-0.39, 0.29) is 10.9 Å². The predicted octanol–water partition coefficient (Wildman–Crippen LogP) is 3.32. The van der Waals surface area contributed by atoms with Crippen LogP contribution < -0.4 is 10.6 Å². The highest BCUT2D eigenvalue weighted by atomic mass is 35.5. The van der Waals surface area contributed by atoms with E-state index in [9.17, 15) is 9.18 Å². The lowest BCUT2D eigenvalue weighted by molar-refractivity contribution is 0.0785. The summed E-state index contributed by atoms with van der Waals surface area (Å²) in [7, 11) is 1.65. The molecular formula is C22H24ClFN4O2. The van der Waals surface area contributed by atoms with Gasteiger partial charge in [-0.15, -0.1) is 0 Å². The molecule has 2 aliphatic heterocycles. The SMILES string of the molecule is COCCN=C1Nc2ccccc2CN[C@]12CCN(C(=O)c1ccc(F)c(Cl)c1)C2. The summed E-state index contributed by atoms with van der Waals surface area (Å²) in [5.74, 6) is 0.0941.